The summed E-state index contributed by atoms with van der Waals surface area (Å²) in [5, 5.41) is 2.40. The fraction of sp³-hybridized carbons (Fsp3) is 0.100. The van der Waals surface area contributed by atoms with Crippen LogP contribution in [0.5, 0.6) is 11.5 Å². The van der Waals surface area contributed by atoms with Crippen molar-refractivity contribution in [3.05, 3.63) is 84.4 Å². The van der Waals surface area contributed by atoms with Crippen molar-refractivity contribution >= 4 is 18.8 Å². The SMILES string of the molecule is COc1ccc(OP(c2ccccc2)c2ccccc2)c(C)c1. The average Bonchev–Trinajstić information content (AvgIpc) is 2.62. The van der Waals surface area contributed by atoms with Crippen LogP contribution in [0.4, 0.5) is 0 Å². The summed E-state index contributed by atoms with van der Waals surface area (Å²) < 4.78 is 11.7. The molecular weight excluding hydrogens is 303 g/mol. The van der Waals surface area contributed by atoms with E-state index in [4.69, 9.17) is 9.26 Å². The number of hydrogen-bond donors (Lipinski definition) is 0. The van der Waals surface area contributed by atoms with Crippen LogP contribution in [0.25, 0.3) is 0 Å². The first-order valence-electron chi connectivity index (χ1n) is 7.51. The maximum Gasteiger partial charge on any atom is 0.150 e. The second-order valence-corrected chi connectivity index (χ2v) is 6.99. The Balaban J connectivity index is 1.97. The zero-order chi connectivity index (χ0) is 16.1. The second kappa shape index (κ2) is 7.30. The van der Waals surface area contributed by atoms with Crippen molar-refractivity contribution < 1.29 is 9.26 Å². The topological polar surface area (TPSA) is 18.5 Å². The summed E-state index contributed by atoms with van der Waals surface area (Å²) in [7, 11) is 0.779. The Labute approximate surface area is 138 Å². The maximum absolute atomic E-state index is 6.43. The van der Waals surface area contributed by atoms with Crippen molar-refractivity contribution in [2.24, 2.45) is 0 Å². The van der Waals surface area contributed by atoms with Crippen molar-refractivity contribution in [2.75, 3.05) is 7.11 Å². The highest BCUT2D eigenvalue weighted by molar-refractivity contribution is 7.68. The molecule has 0 saturated carbocycles. The van der Waals surface area contributed by atoms with Crippen molar-refractivity contribution in [1.29, 1.82) is 0 Å². The van der Waals surface area contributed by atoms with Gasteiger partial charge in [-0.05, 0) is 30.7 Å². The summed E-state index contributed by atoms with van der Waals surface area (Å²) in [6, 6.07) is 26.7. The number of rotatable bonds is 5. The lowest BCUT2D eigenvalue weighted by molar-refractivity contribution is 0.413. The van der Waals surface area contributed by atoms with Crippen LogP contribution in [-0.4, -0.2) is 7.11 Å². The van der Waals surface area contributed by atoms with Crippen LogP contribution in [0.2, 0.25) is 0 Å². The predicted octanol–water partition coefficient (Wildman–Crippen LogP) is 4.43. The molecule has 116 valence electrons. The molecule has 3 heteroatoms. The predicted molar refractivity (Wildman–Crippen MR) is 97.4 cm³/mol. The Hall–Kier alpha value is -2.31. The molecule has 0 atom stereocenters. The fourth-order valence-corrected chi connectivity index (χ4v) is 4.13. The smallest absolute Gasteiger partial charge is 0.150 e. The zero-order valence-electron chi connectivity index (χ0n) is 13.3. The minimum atomic E-state index is -0.898. The third-order valence-corrected chi connectivity index (χ3v) is 5.47. The molecule has 0 fully saturated rings. The summed E-state index contributed by atoms with van der Waals surface area (Å²) >= 11 is 0. The van der Waals surface area contributed by atoms with Crippen LogP contribution in [0, 0.1) is 6.92 Å². The van der Waals surface area contributed by atoms with Gasteiger partial charge in [0.2, 0.25) is 0 Å². The number of benzene rings is 3. The summed E-state index contributed by atoms with van der Waals surface area (Å²) in [6.07, 6.45) is 0. The molecule has 0 amide bonds. The highest BCUT2D eigenvalue weighted by Gasteiger charge is 2.17. The molecule has 2 nitrogen and oxygen atoms in total. The molecule has 0 aliphatic rings. The fourth-order valence-electron chi connectivity index (χ4n) is 2.33. The second-order valence-electron chi connectivity index (χ2n) is 5.19. The van der Waals surface area contributed by atoms with Crippen molar-refractivity contribution in [2.45, 2.75) is 6.92 Å². The summed E-state index contributed by atoms with van der Waals surface area (Å²) in [5.41, 5.74) is 1.07. The van der Waals surface area contributed by atoms with E-state index in [0.29, 0.717) is 0 Å². The van der Waals surface area contributed by atoms with Crippen LogP contribution in [0.1, 0.15) is 5.56 Å². The number of aryl methyl sites for hydroxylation is 1. The van der Waals surface area contributed by atoms with E-state index >= 15 is 0 Å². The molecule has 0 unspecified atom stereocenters. The van der Waals surface area contributed by atoms with Crippen molar-refractivity contribution in [1.82, 2.24) is 0 Å². The molecule has 3 aromatic carbocycles. The van der Waals surface area contributed by atoms with Crippen LogP contribution in [0.3, 0.4) is 0 Å². The lowest BCUT2D eigenvalue weighted by Gasteiger charge is -2.20. The minimum absolute atomic E-state index is 0.846. The van der Waals surface area contributed by atoms with Crippen LogP contribution >= 0.6 is 8.15 Å². The lowest BCUT2D eigenvalue weighted by Crippen LogP contribution is -2.15. The minimum Gasteiger partial charge on any atom is -0.497 e. The molecule has 0 spiro atoms. The standard InChI is InChI=1S/C20H19O2P/c1-16-15-17(21-2)13-14-20(16)22-23(18-9-5-3-6-10-18)19-11-7-4-8-12-19/h3-15H,1-2H3. The van der Waals surface area contributed by atoms with Gasteiger partial charge in [-0.25, -0.2) is 0 Å². The van der Waals surface area contributed by atoms with E-state index in [9.17, 15) is 0 Å². The Bertz CT molecular complexity index is 718. The van der Waals surface area contributed by atoms with Crippen LogP contribution in [-0.2, 0) is 0 Å². The zero-order valence-corrected chi connectivity index (χ0v) is 14.2. The van der Waals surface area contributed by atoms with Crippen molar-refractivity contribution in [3.8, 4) is 11.5 Å². The molecular formula is C20H19O2P. The van der Waals surface area contributed by atoms with E-state index in [1.54, 1.807) is 7.11 Å². The molecule has 23 heavy (non-hydrogen) atoms. The molecule has 0 aromatic heterocycles. The van der Waals surface area contributed by atoms with Gasteiger partial charge in [0, 0.05) is 10.6 Å². The van der Waals surface area contributed by atoms with Gasteiger partial charge in [-0.3, -0.25) is 0 Å². The van der Waals surface area contributed by atoms with Gasteiger partial charge in [0.05, 0.1) is 7.11 Å². The van der Waals surface area contributed by atoms with Gasteiger partial charge in [-0.2, -0.15) is 0 Å². The Morgan fingerprint density at radius 2 is 1.30 bits per heavy atom. The molecule has 0 radical (unpaired) electrons. The van der Waals surface area contributed by atoms with Gasteiger partial charge in [-0.1, -0.05) is 60.7 Å². The molecule has 0 saturated heterocycles. The number of ether oxygens (including phenoxy) is 1. The first-order valence-corrected chi connectivity index (χ1v) is 8.77. The Morgan fingerprint density at radius 1 is 0.739 bits per heavy atom. The molecule has 0 aliphatic heterocycles. The summed E-state index contributed by atoms with van der Waals surface area (Å²) in [4.78, 5) is 0. The molecule has 0 heterocycles. The Morgan fingerprint density at radius 3 is 1.78 bits per heavy atom. The van der Waals surface area contributed by atoms with Gasteiger partial charge in [-0.15, -0.1) is 0 Å². The Kier molecular flexibility index (Phi) is 4.95. The van der Waals surface area contributed by atoms with E-state index in [1.165, 1.54) is 10.6 Å². The van der Waals surface area contributed by atoms with Gasteiger partial charge in [0.1, 0.15) is 11.5 Å². The summed E-state index contributed by atoms with van der Waals surface area (Å²) in [6.45, 7) is 2.04. The van der Waals surface area contributed by atoms with Gasteiger partial charge >= 0.3 is 0 Å². The summed E-state index contributed by atoms with van der Waals surface area (Å²) in [5.74, 6) is 1.74. The molecule has 3 rings (SSSR count). The number of methoxy groups -OCH3 is 1. The third kappa shape index (κ3) is 3.72. The van der Waals surface area contributed by atoms with E-state index < -0.39 is 8.15 Å². The molecule has 0 N–H and O–H groups in total. The van der Waals surface area contributed by atoms with Gasteiger partial charge in [0.25, 0.3) is 0 Å². The van der Waals surface area contributed by atoms with Gasteiger partial charge in [0.15, 0.2) is 8.15 Å². The van der Waals surface area contributed by atoms with E-state index in [0.717, 1.165) is 17.1 Å². The highest BCUT2D eigenvalue weighted by Crippen LogP contribution is 2.38. The van der Waals surface area contributed by atoms with Crippen LogP contribution in [0.15, 0.2) is 78.9 Å². The molecule has 3 aromatic rings. The van der Waals surface area contributed by atoms with Crippen LogP contribution < -0.4 is 19.9 Å². The van der Waals surface area contributed by atoms with Gasteiger partial charge < -0.3 is 9.26 Å². The quantitative estimate of drug-likeness (QED) is 0.647. The first kappa shape index (κ1) is 15.6. The maximum atomic E-state index is 6.43. The molecule has 0 bridgehead atoms. The monoisotopic (exact) mass is 322 g/mol. The van der Waals surface area contributed by atoms with Crippen molar-refractivity contribution in [3.63, 3.8) is 0 Å². The number of hydrogen-bond acceptors (Lipinski definition) is 2. The van der Waals surface area contributed by atoms with E-state index in [2.05, 4.69) is 48.5 Å². The molecule has 0 aliphatic carbocycles. The largest absolute Gasteiger partial charge is 0.497 e. The van der Waals surface area contributed by atoms with E-state index in [-0.39, 0.29) is 0 Å². The van der Waals surface area contributed by atoms with E-state index in [1.807, 2.05) is 37.3 Å². The highest BCUT2D eigenvalue weighted by atomic mass is 31.1. The normalized spacial score (nSPS) is 10.6. The third-order valence-electron chi connectivity index (χ3n) is 3.55. The average molecular weight is 322 g/mol. The lowest BCUT2D eigenvalue weighted by atomic mass is 10.2. The first-order chi connectivity index (χ1) is 11.3.